The number of ether oxygens (including phenoxy) is 1. The molecule has 0 fully saturated rings. The van der Waals surface area contributed by atoms with E-state index < -0.39 is 11.8 Å². The fraction of sp³-hybridized carbons (Fsp3) is 0.250. The van der Waals surface area contributed by atoms with Crippen LogP contribution in [0, 0.1) is 5.82 Å². The third kappa shape index (κ3) is 1.93. The standard InChI is InChI=1S/C8H8FNO3/c1-2-13-8(12)7-6(9)3-5(4-11)10-7/h3-4,10H,2H2,1H3. The largest absolute Gasteiger partial charge is 0.461 e. The van der Waals surface area contributed by atoms with Crippen LogP contribution in [0.15, 0.2) is 6.07 Å². The molecule has 0 saturated carbocycles. The number of aromatic amines is 1. The number of hydrogen-bond donors (Lipinski definition) is 1. The molecule has 0 aromatic carbocycles. The first-order chi connectivity index (χ1) is 6.19. The summed E-state index contributed by atoms with van der Waals surface area (Å²) in [5, 5.41) is 0. The maximum Gasteiger partial charge on any atom is 0.357 e. The summed E-state index contributed by atoms with van der Waals surface area (Å²) in [6.07, 6.45) is 0.422. The first-order valence-electron chi connectivity index (χ1n) is 3.69. The summed E-state index contributed by atoms with van der Waals surface area (Å²) in [5.41, 5.74) is -0.301. The molecule has 0 aliphatic carbocycles. The Hall–Kier alpha value is -1.65. The lowest BCUT2D eigenvalue weighted by atomic mass is 10.4. The maximum absolute atomic E-state index is 12.9. The van der Waals surface area contributed by atoms with Gasteiger partial charge in [-0.25, -0.2) is 9.18 Å². The number of aromatic nitrogens is 1. The van der Waals surface area contributed by atoms with Gasteiger partial charge >= 0.3 is 5.97 Å². The van der Waals surface area contributed by atoms with Crippen molar-refractivity contribution < 1.29 is 18.7 Å². The van der Waals surface area contributed by atoms with Crippen LogP contribution in [0.25, 0.3) is 0 Å². The smallest absolute Gasteiger partial charge is 0.357 e. The zero-order valence-electron chi connectivity index (χ0n) is 6.96. The Labute approximate surface area is 73.7 Å². The molecule has 1 aromatic heterocycles. The van der Waals surface area contributed by atoms with Crippen LogP contribution in [-0.4, -0.2) is 23.8 Å². The first kappa shape index (κ1) is 9.44. The van der Waals surface area contributed by atoms with Gasteiger partial charge in [0.15, 0.2) is 17.8 Å². The second-order valence-corrected chi connectivity index (χ2v) is 2.29. The van der Waals surface area contributed by atoms with Gasteiger partial charge in [-0.2, -0.15) is 0 Å². The Balaban J connectivity index is 2.93. The summed E-state index contributed by atoms with van der Waals surface area (Å²) in [6, 6.07) is 0.944. The summed E-state index contributed by atoms with van der Waals surface area (Å²) in [5.74, 6) is -1.58. The maximum atomic E-state index is 12.9. The number of rotatable bonds is 3. The van der Waals surface area contributed by atoms with Crippen molar-refractivity contribution in [2.24, 2.45) is 0 Å². The average Bonchev–Trinajstić information content (AvgIpc) is 2.47. The minimum absolute atomic E-state index is 0.0144. The molecular weight excluding hydrogens is 177 g/mol. The second kappa shape index (κ2) is 3.84. The number of carbonyl (C=O) groups is 2. The molecule has 0 spiro atoms. The van der Waals surface area contributed by atoms with Gasteiger partial charge in [0.2, 0.25) is 0 Å². The molecule has 0 atom stereocenters. The number of H-pyrrole nitrogens is 1. The predicted molar refractivity (Wildman–Crippen MR) is 42.1 cm³/mol. The molecule has 0 bridgehead atoms. The summed E-state index contributed by atoms with van der Waals surface area (Å²) in [7, 11) is 0. The molecule has 0 aliphatic rings. The molecule has 13 heavy (non-hydrogen) atoms. The monoisotopic (exact) mass is 185 g/mol. The SMILES string of the molecule is CCOC(=O)c1[nH]c(C=O)cc1F. The van der Waals surface area contributed by atoms with Crippen molar-refractivity contribution in [3.63, 3.8) is 0 Å². The highest BCUT2D eigenvalue weighted by molar-refractivity contribution is 5.89. The van der Waals surface area contributed by atoms with Crippen molar-refractivity contribution in [1.82, 2.24) is 4.98 Å². The van der Waals surface area contributed by atoms with E-state index >= 15 is 0 Å². The molecule has 1 N–H and O–H groups in total. The summed E-state index contributed by atoms with van der Waals surface area (Å²) in [6.45, 7) is 1.77. The zero-order chi connectivity index (χ0) is 9.84. The highest BCUT2D eigenvalue weighted by Crippen LogP contribution is 2.08. The third-order valence-corrected chi connectivity index (χ3v) is 1.40. The predicted octanol–water partition coefficient (Wildman–Crippen LogP) is 1.14. The van der Waals surface area contributed by atoms with Crippen LogP contribution < -0.4 is 0 Å². The zero-order valence-corrected chi connectivity index (χ0v) is 6.96. The van der Waals surface area contributed by atoms with Crippen LogP contribution in [0.4, 0.5) is 4.39 Å². The normalized spacial score (nSPS) is 9.69. The number of nitrogens with one attached hydrogen (secondary N) is 1. The van der Waals surface area contributed by atoms with Gasteiger partial charge in [-0.15, -0.1) is 0 Å². The molecule has 4 nitrogen and oxygen atoms in total. The van der Waals surface area contributed by atoms with Crippen molar-refractivity contribution in [2.45, 2.75) is 6.92 Å². The van der Waals surface area contributed by atoms with Gasteiger partial charge in [-0.1, -0.05) is 0 Å². The highest BCUT2D eigenvalue weighted by atomic mass is 19.1. The van der Waals surface area contributed by atoms with E-state index in [2.05, 4.69) is 9.72 Å². The Bertz CT molecular complexity index is 332. The van der Waals surface area contributed by atoms with E-state index in [-0.39, 0.29) is 18.0 Å². The topological polar surface area (TPSA) is 59.2 Å². The minimum atomic E-state index is -0.798. The van der Waals surface area contributed by atoms with Gasteiger partial charge in [-0.3, -0.25) is 4.79 Å². The van der Waals surface area contributed by atoms with Crippen molar-refractivity contribution >= 4 is 12.3 Å². The van der Waals surface area contributed by atoms with E-state index in [0.717, 1.165) is 6.07 Å². The van der Waals surface area contributed by atoms with Gasteiger partial charge in [0.1, 0.15) is 0 Å². The molecule has 1 rings (SSSR count). The van der Waals surface area contributed by atoms with Gasteiger partial charge in [0.05, 0.1) is 12.3 Å². The quantitative estimate of drug-likeness (QED) is 0.567. The average molecular weight is 185 g/mol. The molecule has 0 aliphatic heterocycles. The molecule has 0 radical (unpaired) electrons. The van der Waals surface area contributed by atoms with E-state index in [1.165, 1.54) is 0 Å². The van der Waals surface area contributed by atoms with Crippen molar-refractivity contribution in [3.05, 3.63) is 23.3 Å². The number of carbonyl (C=O) groups excluding carboxylic acids is 2. The molecule has 70 valence electrons. The summed E-state index contributed by atoms with van der Waals surface area (Å²) < 4.78 is 17.4. The van der Waals surface area contributed by atoms with E-state index in [1.807, 2.05) is 0 Å². The van der Waals surface area contributed by atoms with Crippen molar-refractivity contribution in [3.8, 4) is 0 Å². The second-order valence-electron chi connectivity index (χ2n) is 2.29. The van der Waals surface area contributed by atoms with Gasteiger partial charge in [0, 0.05) is 6.07 Å². The third-order valence-electron chi connectivity index (χ3n) is 1.40. The Morgan fingerprint density at radius 2 is 2.46 bits per heavy atom. The number of esters is 1. The van der Waals surface area contributed by atoms with Crippen LogP contribution >= 0.6 is 0 Å². The number of aldehydes is 1. The molecule has 1 heterocycles. The van der Waals surface area contributed by atoms with E-state index in [9.17, 15) is 14.0 Å². The molecule has 0 amide bonds. The molecule has 1 aromatic rings. The van der Waals surface area contributed by atoms with E-state index in [1.54, 1.807) is 6.92 Å². The van der Waals surface area contributed by atoms with Crippen molar-refractivity contribution in [2.75, 3.05) is 6.61 Å². The van der Waals surface area contributed by atoms with E-state index in [0.29, 0.717) is 6.29 Å². The summed E-state index contributed by atoms with van der Waals surface area (Å²) >= 11 is 0. The van der Waals surface area contributed by atoms with Gasteiger partial charge in [-0.05, 0) is 6.92 Å². The van der Waals surface area contributed by atoms with Gasteiger partial charge in [0.25, 0.3) is 0 Å². The van der Waals surface area contributed by atoms with Crippen LogP contribution in [0.3, 0.4) is 0 Å². The van der Waals surface area contributed by atoms with E-state index in [4.69, 9.17) is 0 Å². The van der Waals surface area contributed by atoms with Crippen LogP contribution in [-0.2, 0) is 4.74 Å². The Morgan fingerprint density at radius 1 is 1.77 bits per heavy atom. The summed E-state index contributed by atoms with van der Waals surface area (Å²) in [4.78, 5) is 23.5. The van der Waals surface area contributed by atoms with Crippen molar-refractivity contribution in [1.29, 1.82) is 0 Å². The molecule has 0 saturated heterocycles. The molecular formula is C8H8FNO3. The number of halogens is 1. The number of hydrogen-bond acceptors (Lipinski definition) is 3. The fourth-order valence-corrected chi connectivity index (χ4v) is 0.864. The lowest BCUT2D eigenvalue weighted by Crippen LogP contribution is -2.06. The Kier molecular flexibility index (Phi) is 2.79. The first-order valence-corrected chi connectivity index (χ1v) is 3.69. The molecule has 5 heteroatoms. The highest BCUT2D eigenvalue weighted by Gasteiger charge is 2.15. The molecule has 0 unspecified atom stereocenters. The minimum Gasteiger partial charge on any atom is -0.461 e. The fourth-order valence-electron chi connectivity index (χ4n) is 0.864. The lowest BCUT2D eigenvalue weighted by molar-refractivity contribution is 0.0515. The van der Waals surface area contributed by atoms with Crippen LogP contribution in [0.5, 0.6) is 0 Å². The van der Waals surface area contributed by atoms with Crippen LogP contribution in [0.2, 0.25) is 0 Å². The lowest BCUT2D eigenvalue weighted by Gasteiger charge is -1.97. The Morgan fingerprint density at radius 3 is 2.92 bits per heavy atom. The van der Waals surface area contributed by atoms with Gasteiger partial charge < -0.3 is 9.72 Å². The van der Waals surface area contributed by atoms with Crippen LogP contribution in [0.1, 0.15) is 27.9 Å².